The number of halogens is 4. The van der Waals surface area contributed by atoms with Crippen molar-refractivity contribution in [2.75, 3.05) is 20.2 Å². The zero-order valence-corrected chi connectivity index (χ0v) is 23.9. The third kappa shape index (κ3) is 8.65. The van der Waals surface area contributed by atoms with Crippen molar-refractivity contribution < 1.29 is 31.9 Å². The van der Waals surface area contributed by atoms with Gasteiger partial charge in [-0.3, -0.25) is 9.48 Å². The van der Waals surface area contributed by atoms with E-state index in [0.29, 0.717) is 25.5 Å². The lowest BCUT2D eigenvalue weighted by Crippen LogP contribution is -2.40. The summed E-state index contributed by atoms with van der Waals surface area (Å²) in [5.74, 6) is -0.647. The highest BCUT2D eigenvalue weighted by Gasteiger charge is 2.47. The first kappa shape index (κ1) is 31.8. The van der Waals surface area contributed by atoms with Gasteiger partial charge in [-0.1, -0.05) is 25.3 Å². The molecule has 0 atom stereocenters. The fraction of sp³-hybridized carbons (Fsp3) is 0.556. The van der Waals surface area contributed by atoms with Gasteiger partial charge in [-0.2, -0.15) is 18.3 Å². The lowest BCUT2D eigenvalue weighted by Gasteiger charge is -2.25. The summed E-state index contributed by atoms with van der Waals surface area (Å²) >= 11 is 0. The van der Waals surface area contributed by atoms with Crippen molar-refractivity contribution in [2.24, 2.45) is 0 Å². The number of benzene rings is 1. The Kier molecular flexibility index (Phi) is 10.3. The maximum atomic E-state index is 14.0. The Bertz CT molecular complexity index is 1330. The highest BCUT2D eigenvalue weighted by atomic mass is 19.4. The number of nitrogens with one attached hydrogen (secondary N) is 3. The van der Waals surface area contributed by atoms with E-state index in [1.165, 1.54) is 23.9 Å². The van der Waals surface area contributed by atoms with Gasteiger partial charge in [0.1, 0.15) is 5.82 Å². The summed E-state index contributed by atoms with van der Waals surface area (Å²) in [4.78, 5) is 33.5. The van der Waals surface area contributed by atoms with Crippen molar-refractivity contribution in [1.82, 2.24) is 35.3 Å². The van der Waals surface area contributed by atoms with Crippen molar-refractivity contribution in [3.05, 3.63) is 47.3 Å². The van der Waals surface area contributed by atoms with E-state index in [-0.39, 0.29) is 24.3 Å². The third-order valence-corrected chi connectivity index (χ3v) is 6.33. The Hall–Kier alpha value is -3.68. The molecule has 0 spiro atoms. The number of hydrogen-bond donors (Lipinski definition) is 3. The van der Waals surface area contributed by atoms with Crippen molar-refractivity contribution in [3.63, 3.8) is 0 Å². The van der Waals surface area contributed by atoms with E-state index < -0.39 is 23.5 Å². The Labute approximate surface area is 235 Å². The van der Waals surface area contributed by atoms with Gasteiger partial charge in [-0.25, -0.2) is 14.2 Å². The number of carbonyl (C=O) groups is 2. The maximum absolute atomic E-state index is 14.0. The fourth-order valence-electron chi connectivity index (χ4n) is 3.48. The Balaban J connectivity index is 0.000000322. The van der Waals surface area contributed by atoms with E-state index in [2.05, 4.69) is 30.4 Å². The molecule has 2 fully saturated rings. The average molecular weight is 584 g/mol. The van der Waals surface area contributed by atoms with Crippen LogP contribution < -0.4 is 10.6 Å². The molecule has 41 heavy (non-hydrogen) atoms. The molecule has 5 rings (SSSR count). The number of methoxy groups -OCH3 is 1. The molecular weight excluding hydrogens is 546 g/mol. The molecule has 3 N–H and O–H groups in total. The van der Waals surface area contributed by atoms with Crippen molar-refractivity contribution in [3.8, 4) is 0 Å². The van der Waals surface area contributed by atoms with Gasteiger partial charge in [0.05, 0.1) is 23.8 Å². The molecule has 226 valence electrons. The number of aromatic amines is 1. The smallest absolute Gasteiger partial charge is 0.369 e. The predicted octanol–water partition coefficient (Wildman–Crippen LogP) is 5.08. The summed E-state index contributed by atoms with van der Waals surface area (Å²) in [6.45, 7) is 7.59. The summed E-state index contributed by atoms with van der Waals surface area (Å²) in [6.07, 6.45) is 1.26. The minimum absolute atomic E-state index is 0.0639. The van der Waals surface area contributed by atoms with Crippen LogP contribution in [-0.4, -0.2) is 68.6 Å². The van der Waals surface area contributed by atoms with Crippen LogP contribution in [-0.2, 0) is 17.8 Å². The molecule has 3 heterocycles. The van der Waals surface area contributed by atoms with Crippen LogP contribution in [0, 0.1) is 5.82 Å². The van der Waals surface area contributed by atoms with E-state index in [1.54, 1.807) is 4.90 Å². The lowest BCUT2D eigenvalue weighted by molar-refractivity contribution is -0.255. The largest absolute Gasteiger partial charge is 0.416 e. The van der Waals surface area contributed by atoms with Crippen LogP contribution in [0.15, 0.2) is 24.4 Å². The van der Waals surface area contributed by atoms with Crippen molar-refractivity contribution >= 4 is 23.0 Å². The normalized spacial score (nSPS) is 14.8. The third-order valence-electron chi connectivity index (χ3n) is 6.33. The number of H-pyrrole nitrogens is 1. The highest BCUT2D eigenvalue weighted by molar-refractivity contribution is 5.92. The maximum Gasteiger partial charge on any atom is 0.416 e. The number of ether oxygens (including phenoxy) is 1. The SMILES string of the molecule is C1CC1.CC(C)n1ncc(F)c1C(=O)NCc1nc2ccc(CN3CCNC3=O)cc2[nH]1.COC(C)(C)C(F)(F)F. The molecular formula is C27H37F4N7O3. The van der Waals surface area contributed by atoms with Gasteiger partial charge in [0.2, 0.25) is 0 Å². The monoisotopic (exact) mass is 583 g/mol. The summed E-state index contributed by atoms with van der Waals surface area (Å²) in [5, 5.41) is 9.37. The van der Waals surface area contributed by atoms with E-state index in [4.69, 9.17) is 0 Å². The van der Waals surface area contributed by atoms with Gasteiger partial charge in [0.25, 0.3) is 5.91 Å². The van der Waals surface area contributed by atoms with Crippen molar-refractivity contribution in [1.29, 1.82) is 0 Å². The van der Waals surface area contributed by atoms with Crippen LogP contribution in [0.25, 0.3) is 11.0 Å². The number of rotatable bonds is 7. The molecule has 10 nitrogen and oxygen atoms in total. The first-order valence-electron chi connectivity index (χ1n) is 13.4. The standard InChI is InChI=1S/C19H22FN7O2.C5H9F3O.C3H6/c1-11(2)27-17(13(20)8-23-27)18(28)22-9-16-24-14-4-3-12(7-15(14)25-16)10-26-6-5-21-19(26)29;1-4(2,9-3)5(6,7)8;1-2-3-1/h3-4,7-8,11H,5-6,9-10H2,1-2H3,(H,21,29)(H,22,28)(H,24,25);1-3H3;1-3H2. The van der Waals surface area contributed by atoms with Gasteiger partial charge in [0, 0.05) is 32.8 Å². The van der Waals surface area contributed by atoms with Crippen LogP contribution in [0.4, 0.5) is 22.4 Å². The second kappa shape index (κ2) is 13.3. The number of carbonyl (C=O) groups excluding carboxylic acids is 2. The second-order valence-corrected chi connectivity index (χ2v) is 10.5. The molecule has 1 saturated carbocycles. The van der Waals surface area contributed by atoms with Gasteiger partial charge < -0.3 is 25.3 Å². The Morgan fingerprint density at radius 2 is 1.88 bits per heavy atom. The van der Waals surface area contributed by atoms with Gasteiger partial charge in [0.15, 0.2) is 17.1 Å². The molecule has 1 aromatic carbocycles. The van der Waals surface area contributed by atoms with E-state index >= 15 is 0 Å². The lowest BCUT2D eigenvalue weighted by atomic mass is 10.1. The topological polar surface area (TPSA) is 117 Å². The Morgan fingerprint density at radius 1 is 1.20 bits per heavy atom. The molecule has 14 heteroatoms. The number of amides is 3. The first-order valence-corrected chi connectivity index (χ1v) is 13.4. The summed E-state index contributed by atoms with van der Waals surface area (Å²) in [6, 6.07) is 5.53. The summed E-state index contributed by atoms with van der Waals surface area (Å²) < 4.78 is 54.6. The average Bonchev–Trinajstić information content (AvgIpc) is 3.53. The summed E-state index contributed by atoms with van der Waals surface area (Å²) in [5.41, 5.74) is 0.429. The molecule has 1 saturated heterocycles. The molecule has 1 aliphatic carbocycles. The van der Waals surface area contributed by atoms with Gasteiger partial charge in [-0.05, 0) is 45.4 Å². The molecule has 1 aliphatic heterocycles. The quantitative estimate of drug-likeness (QED) is 0.336. The predicted molar refractivity (Wildman–Crippen MR) is 145 cm³/mol. The highest BCUT2D eigenvalue weighted by Crippen LogP contribution is 2.31. The molecule has 0 radical (unpaired) electrons. The van der Waals surface area contributed by atoms with E-state index in [0.717, 1.165) is 43.8 Å². The molecule has 0 unspecified atom stereocenters. The van der Waals surface area contributed by atoms with Crippen LogP contribution in [0.2, 0.25) is 0 Å². The van der Waals surface area contributed by atoms with Gasteiger partial charge >= 0.3 is 12.2 Å². The van der Waals surface area contributed by atoms with Crippen LogP contribution in [0.5, 0.6) is 0 Å². The zero-order chi connectivity index (χ0) is 30.4. The minimum atomic E-state index is -4.28. The number of imidazole rings is 1. The fourth-order valence-corrected chi connectivity index (χ4v) is 3.48. The molecule has 2 aromatic heterocycles. The molecule has 0 bridgehead atoms. The number of fused-ring (bicyclic) bond motifs is 1. The molecule has 2 aliphatic rings. The number of hydrogen-bond acceptors (Lipinski definition) is 5. The minimum Gasteiger partial charge on any atom is -0.369 e. The van der Waals surface area contributed by atoms with Gasteiger partial charge in [-0.15, -0.1) is 0 Å². The second-order valence-electron chi connectivity index (χ2n) is 10.5. The number of urea groups is 1. The summed E-state index contributed by atoms with van der Waals surface area (Å²) in [7, 11) is 1.04. The number of aromatic nitrogens is 4. The van der Waals surface area contributed by atoms with Crippen LogP contribution >= 0.6 is 0 Å². The van der Waals surface area contributed by atoms with Crippen molar-refractivity contribution in [2.45, 2.75) is 77.9 Å². The molecule has 3 aromatic rings. The molecule has 3 amide bonds. The Morgan fingerprint density at radius 3 is 2.39 bits per heavy atom. The zero-order valence-electron chi connectivity index (χ0n) is 23.9. The van der Waals surface area contributed by atoms with Crippen LogP contribution in [0.1, 0.15) is 74.9 Å². The van der Waals surface area contributed by atoms with Crippen LogP contribution in [0.3, 0.4) is 0 Å². The number of alkyl halides is 3. The van der Waals surface area contributed by atoms with E-state index in [9.17, 15) is 27.2 Å². The number of nitrogens with zero attached hydrogens (tertiary/aromatic N) is 4. The first-order chi connectivity index (χ1) is 19.2. The van der Waals surface area contributed by atoms with E-state index in [1.807, 2.05) is 32.0 Å².